The minimum absolute atomic E-state index is 0.0256. The second kappa shape index (κ2) is 6.78. The van der Waals surface area contributed by atoms with Crippen LogP contribution in [0.15, 0.2) is 28.9 Å². The van der Waals surface area contributed by atoms with Gasteiger partial charge in [-0.05, 0) is 31.5 Å². The van der Waals surface area contributed by atoms with E-state index in [4.69, 9.17) is 9.26 Å². The van der Waals surface area contributed by atoms with Crippen LogP contribution >= 0.6 is 0 Å². The highest BCUT2D eigenvalue weighted by Gasteiger charge is 2.29. The van der Waals surface area contributed by atoms with Gasteiger partial charge in [0.15, 0.2) is 23.1 Å². The van der Waals surface area contributed by atoms with Gasteiger partial charge in [-0.15, -0.1) is 5.10 Å². The number of benzene rings is 1. The summed E-state index contributed by atoms with van der Waals surface area (Å²) in [7, 11) is 1.38. The fourth-order valence-corrected chi connectivity index (χ4v) is 3.08. The first-order valence-corrected chi connectivity index (χ1v) is 8.40. The van der Waals surface area contributed by atoms with Crippen molar-refractivity contribution in [2.75, 3.05) is 20.2 Å². The smallest absolute Gasteiger partial charge is 0.280 e. The molecule has 0 bridgehead atoms. The highest BCUT2D eigenvalue weighted by molar-refractivity contribution is 5.94. The van der Waals surface area contributed by atoms with Crippen molar-refractivity contribution < 1.29 is 18.4 Å². The highest BCUT2D eigenvalue weighted by Crippen LogP contribution is 2.25. The van der Waals surface area contributed by atoms with E-state index in [0.29, 0.717) is 30.5 Å². The van der Waals surface area contributed by atoms with Crippen molar-refractivity contribution in [3.8, 4) is 17.3 Å². The van der Waals surface area contributed by atoms with Crippen molar-refractivity contribution in [1.82, 2.24) is 30.0 Å². The van der Waals surface area contributed by atoms with Crippen LogP contribution in [0.4, 0.5) is 4.39 Å². The second-order valence-electron chi connectivity index (χ2n) is 6.27. The molecule has 1 aliphatic heterocycles. The number of hydrogen-bond donors (Lipinski definition) is 0. The van der Waals surface area contributed by atoms with Gasteiger partial charge in [0.25, 0.3) is 11.8 Å². The Bertz CT molecular complexity index is 985. The van der Waals surface area contributed by atoms with Crippen molar-refractivity contribution >= 4 is 5.91 Å². The zero-order valence-corrected chi connectivity index (χ0v) is 14.8. The second-order valence-corrected chi connectivity index (χ2v) is 6.27. The van der Waals surface area contributed by atoms with E-state index in [1.807, 2.05) is 0 Å². The van der Waals surface area contributed by atoms with Gasteiger partial charge in [-0.25, -0.2) is 9.07 Å². The van der Waals surface area contributed by atoms with Crippen LogP contribution in [0.1, 0.15) is 28.6 Å². The molecule has 0 unspecified atom stereocenters. The van der Waals surface area contributed by atoms with Gasteiger partial charge in [-0.3, -0.25) is 4.79 Å². The monoisotopic (exact) mass is 372 g/mol. The molecule has 10 heteroatoms. The molecule has 0 N–H and O–H groups in total. The quantitative estimate of drug-likeness (QED) is 0.689. The molecule has 3 aromatic rings. The molecule has 1 aromatic carbocycles. The van der Waals surface area contributed by atoms with Crippen LogP contribution in [-0.4, -0.2) is 56.1 Å². The molecule has 1 amide bonds. The number of methoxy groups -OCH3 is 1. The van der Waals surface area contributed by atoms with Crippen LogP contribution in [0.2, 0.25) is 0 Å². The van der Waals surface area contributed by atoms with Crippen molar-refractivity contribution in [2.45, 2.75) is 19.4 Å². The minimum atomic E-state index is -0.560. The Labute approximate surface area is 153 Å². The summed E-state index contributed by atoms with van der Waals surface area (Å²) in [5, 5.41) is 11.9. The van der Waals surface area contributed by atoms with E-state index in [2.05, 4.69) is 20.5 Å². The summed E-state index contributed by atoms with van der Waals surface area (Å²) in [5.74, 6) is 0.140. The summed E-state index contributed by atoms with van der Waals surface area (Å²) >= 11 is 0. The van der Waals surface area contributed by atoms with E-state index in [1.54, 1.807) is 28.8 Å². The lowest BCUT2D eigenvalue weighted by Gasteiger charge is -2.17. The van der Waals surface area contributed by atoms with Gasteiger partial charge >= 0.3 is 0 Å². The minimum Gasteiger partial charge on any atom is -0.494 e. The average molecular weight is 372 g/mol. The number of nitrogens with zero attached hydrogens (tertiary/aromatic N) is 6. The Hall–Kier alpha value is -3.30. The third-order valence-electron chi connectivity index (χ3n) is 4.48. The molecule has 2 aromatic heterocycles. The molecular formula is C17H17FN6O3. The third-order valence-corrected chi connectivity index (χ3v) is 4.48. The van der Waals surface area contributed by atoms with Crippen LogP contribution in [0, 0.1) is 12.7 Å². The summed E-state index contributed by atoms with van der Waals surface area (Å²) in [6.45, 7) is 2.73. The maximum Gasteiger partial charge on any atom is 0.280 e. The molecular weight excluding hydrogens is 355 g/mol. The molecule has 0 saturated carbocycles. The Kier molecular flexibility index (Phi) is 4.30. The Morgan fingerprint density at radius 1 is 1.41 bits per heavy atom. The Morgan fingerprint density at radius 2 is 2.26 bits per heavy atom. The lowest BCUT2D eigenvalue weighted by atomic mass is 10.2. The van der Waals surface area contributed by atoms with Crippen molar-refractivity contribution in [2.24, 2.45) is 0 Å². The van der Waals surface area contributed by atoms with Crippen molar-refractivity contribution in [1.29, 1.82) is 0 Å². The normalized spacial score (nSPS) is 16.7. The van der Waals surface area contributed by atoms with E-state index >= 15 is 0 Å². The molecule has 9 nitrogen and oxygen atoms in total. The summed E-state index contributed by atoms with van der Waals surface area (Å²) in [6.07, 6.45) is 2.44. The fraction of sp³-hybridized carbons (Fsp3) is 0.353. The van der Waals surface area contributed by atoms with Gasteiger partial charge in [0.05, 0.1) is 19.3 Å². The van der Waals surface area contributed by atoms with Crippen LogP contribution in [-0.2, 0) is 0 Å². The van der Waals surface area contributed by atoms with Gasteiger partial charge in [0, 0.05) is 18.7 Å². The van der Waals surface area contributed by atoms with Crippen LogP contribution < -0.4 is 4.74 Å². The molecule has 0 spiro atoms. The van der Waals surface area contributed by atoms with Gasteiger partial charge in [-0.1, -0.05) is 10.4 Å². The lowest BCUT2D eigenvalue weighted by molar-refractivity contribution is 0.0786. The summed E-state index contributed by atoms with van der Waals surface area (Å²) in [4.78, 5) is 18.4. The van der Waals surface area contributed by atoms with Crippen LogP contribution in [0.3, 0.4) is 0 Å². The lowest BCUT2D eigenvalue weighted by Crippen LogP contribution is -2.29. The van der Waals surface area contributed by atoms with Crippen LogP contribution in [0.5, 0.6) is 5.75 Å². The van der Waals surface area contributed by atoms with E-state index < -0.39 is 5.82 Å². The van der Waals surface area contributed by atoms with E-state index in [0.717, 1.165) is 6.42 Å². The van der Waals surface area contributed by atoms with Gasteiger partial charge in [0.1, 0.15) is 0 Å². The number of carbonyl (C=O) groups excluding carboxylic acids is 1. The number of hydrogen-bond acceptors (Lipinski definition) is 7. The van der Waals surface area contributed by atoms with Gasteiger partial charge < -0.3 is 14.2 Å². The van der Waals surface area contributed by atoms with Gasteiger partial charge in [-0.2, -0.15) is 4.98 Å². The first-order valence-electron chi connectivity index (χ1n) is 8.40. The molecule has 27 heavy (non-hydrogen) atoms. The molecule has 140 valence electrons. The molecule has 4 rings (SSSR count). The van der Waals surface area contributed by atoms with Crippen molar-refractivity contribution in [3.63, 3.8) is 0 Å². The highest BCUT2D eigenvalue weighted by atomic mass is 19.1. The van der Waals surface area contributed by atoms with E-state index in [1.165, 1.54) is 19.2 Å². The fourth-order valence-electron chi connectivity index (χ4n) is 3.08. The summed E-state index contributed by atoms with van der Waals surface area (Å²) < 4.78 is 25.5. The molecule has 0 aliphatic carbocycles. The first kappa shape index (κ1) is 17.1. The Balaban J connectivity index is 1.46. The topological polar surface area (TPSA) is 99.2 Å². The zero-order valence-electron chi connectivity index (χ0n) is 14.8. The maximum atomic E-state index is 13.9. The molecule has 1 atom stereocenters. The predicted molar refractivity (Wildman–Crippen MR) is 90.6 cm³/mol. The van der Waals surface area contributed by atoms with Crippen molar-refractivity contribution in [3.05, 3.63) is 41.6 Å². The molecule has 3 heterocycles. The average Bonchev–Trinajstić information content (AvgIpc) is 3.40. The largest absolute Gasteiger partial charge is 0.494 e. The first-order chi connectivity index (χ1) is 13.0. The standard InChI is InChI=1S/C17H17FN6O3/c1-10-19-16(27-21-10)14-9-24(22-20-14)12-5-6-23(8-12)17(25)11-3-4-15(26-2)13(18)7-11/h3-4,7,9,12H,5-6,8H2,1-2H3/t12-/m1/s1. The number of aryl methyl sites for hydroxylation is 1. The van der Waals surface area contributed by atoms with Crippen LogP contribution in [0.25, 0.3) is 11.6 Å². The maximum absolute atomic E-state index is 13.9. The number of ether oxygens (including phenoxy) is 1. The van der Waals surface area contributed by atoms with Gasteiger partial charge in [0.2, 0.25) is 0 Å². The zero-order chi connectivity index (χ0) is 19.0. The molecule has 1 fully saturated rings. The Morgan fingerprint density at radius 3 is 2.96 bits per heavy atom. The molecule has 1 aliphatic rings. The number of amides is 1. The number of halogens is 1. The summed E-state index contributed by atoms with van der Waals surface area (Å²) in [6, 6.07) is 4.18. The SMILES string of the molecule is COc1ccc(C(=O)N2CC[C@@H](n3cc(-c4nc(C)no4)nn3)C2)cc1F. The summed E-state index contributed by atoms with van der Waals surface area (Å²) in [5.41, 5.74) is 0.771. The number of carbonyl (C=O) groups is 1. The number of likely N-dealkylation sites (tertiary alicyclic amines) is 1. The molecule has 0 radical (unpaired) electrons. The number of aromatic nitrogens is 5. The number of rotatable bonds is 4. The van der Waals surface area contributed by atoms with E-state index in [-0.39, 0.29) is 23.3 Å². The van der Waals surface area contributed by atoms with E-state index in [9.17, 15) is 9.18 Å². The third kappa shape index (κ3) is 3.25. The molecule has 1 saturated heterocycles. The predicted octanol–water partition coefficient (Wildman–Crippen LogP) is 1.87.